The fourth-order valence-electron chi connectivity index (χ4n) is 1.67. The second kappa shape index (κ2) is 6.03. The molecule has 0 radical (unpaired) electrons. The molecule has 1 aliphatic heterocycles. The molecule has 2 unspecified atom stereocenters. The number of rotatable bonds is 4. The molecule has 0 aromatic carbocycles. The van der Waals surface area contributed by atoms with Gasteiger partial charge in [0, 0.05) is 13.1 Å². The first-order valence-electron chi connectivity index (χ1n) is 5.62. The van der Waals surface area contributed by atoms with Gasteiger partial charge in [-0.25, -0.2) is 9.59 Å². The van der Waals surface area contributed by atoms with Gasteiger partial charge in [-0.1, -0.05) is 0 Å². The molecule has 1 aliphatic rings. The first-order chi connectivity index (χ1) is 8.82. The van der Waals surface area contributed by atoms with E-state index in [0.29, 0.717) is 0 Å². The van der Waals surface area contributed by atoms with Crippen molar-refractivity contribution in [2.75, 3.05) is 13.1 Å². The predicted octanol–water partition coefficient (Wildman–Crippen LogP) is -1.56. The van der Waals surface area contributed by atoms with Crippen molar-refractivity contribution in [3.05, 3.63) is 0 Å². The summed E-state index contributed by atoms with van der Waals surface area (Å²) in [6.45, 7) is 2.01. The van der Waals surface area contributed by atoms with Crippen molar-refractivity contribution in [1.29, 1.82) is 0 Å². The zero-order valence-corrected chi connectivity index (χ0v) is 10.3. The smallest absolute Gasteiger partial charge is 0.326 e. The van der Waals surface area contributed by atoms with Crippen LogP contribution >= 0.6 is 0 Å². The Balaban J connectivity index is 2.68. The number of urea groups is 1. The zero-order valence-electron chi connectivity index (χ0n) is 10.3. The van der Waals surface area contributed by atoms with E-state index >= 15 is 0 Å². The summed E-state index contributed by atoms with van der Waals surface area (Å²) in [5, 5.41) is 22.0. The Kier molecular flexibility index (Phi) is 4.67. The van der Waals surface area contributed by atoms with Crippen LogP contribution in [-0.2, 0) is 14.4 Å². The van der Waals surface area contributed by atoms with Gasteiger partial charge in [0.25, 0.3) is 0 Å². The molecular formula is C10H15N3O6. The summed E-state index contributed by atoms with van der Waals surface area (Å²) < 4.78 is 0. The monoisotopic (exact) mass is 273 g/mol. The number of amides is 3. The van der Waals surface area contributed by atoms with Crippen molar-refractivity contribution in [3.8, 4) is 0 Å². The number of piperazine rings is 1. The molecule has 0 aromatic rings. The van der Waals surface area contributed by atoms with Gasteiger partial charge in [0.1, 0.15) is 12.1 Å². The number of carbonyl (C=O) groups excluding carboxylic acids is 2. The molecule has 19 heavy (non-hydrogen) atoms. The number of hydrogen-bond acceptors (Lipinski definition) is 4. The third-order valence-corrected chi connectivity index (χ3v) is 2.73. The summed E-state index contributed by atoms with van der Waals surface area (Å²) in [7, 11) is 0. The molecule has 1 heterocycles. The van der Waals surface area contributed by atoms with E-state index in [1.54, 1.807) is 0 Å². The molecule has 0 saturated carbocycles. The SMILES string of the molecule is CC1C(=O)NCCN1C(=O)NC(CC(=O)O)C(=O)O. The van der Waals surface area contributed by atoms with Gasteiger partial charge in [0.05, 0.1) is 6.42 Å². The highest BCUT2D eigenvalue weighted by Crippen LogP contribution is 2.05. The summed E-state index contributed by atoms with van der Waals surface area (Å²) in [5.74, 6) is -3.12. The summed E-state index contributed by atoms with van der Waals surface area (Å²) in [6.07, 6.45) is -0.727. The van der Waals surface area contributed by atoms with Gasteiger partial charge in [-0.2, -0.15) is 0 Å². The highest BCUT2D eigenvalue weighted by molar-refractivity contribution is 5.90. The van der Waals surface area contributed by atoms with E-state index in [0.717, 1.165) is 4.90 Å². The second-order valence-corrected chi connectivity index (χ2v) is 4.10. The molecule has 1 saturated heterocycles. The predicted molar refractivity (Wildman–Crippen MR) is 61.4 cm³/mol. The van der Waals surface area contributed by atoms with E-state index in [2.05, 4.69) is 10.6 Å². The third-order valence-electron chi connectivity index (χ3n) is 2.73. The first-order valence-corrected chi connectivity index (χ1v) is 5.62. The summed E-state index contributed by atoms with van der Waals surface area (Å²) in [4.78, 5) is 45.7. The highest BCUT2D eigenvalue weighted by Gasteiger charge is 2.32. The molecule has 4 N–H and O–H groups in total. The average Bonchev–Trinajstić information content (AvgIpc) is 2.31. The summed E-state index contributed by atoms with van der Waals surface area (Å²) in [5.41, 5.74) is 0. The van der Waals surface area contributed by atoms with E-state index in [1.165, 1.54) is 6.92 Å². The summed E-state index contributed by atoms with van der Waals surface area (Å²) in [6, 6.07) is -3.02. The highest BCUT2D eigenvalue weighted by atomic mass is 16.4. The normalized spacial score (nSPS) is 20.4. The maximum Gasteiger partial charge on any atom is 0.326 e. The minimum absolute atomic E-state index is 0.234. The van der Waals surface area contributed by atoms with Gasteiger partial charge in [0.15, 0.2) is 0 Å². The van der Waals surface area contributed by atoms with E-state index < -0.39 is 36.5 Å². The van der Waals surface area contributed by atoms with Gasteiger partial charge >= 0.3 is 18.0 Å². The van der Waals surface area contributed by atoms with Crippen molar-refractivity contribution >= 4 is 23.9 Å². The van der Waals surface area contributed by atoms with Crippen LogP contribution in [0.2, 0.25) is 0 Å². The molecule has 0 bridgehead atoms. The number of aliphatic carboxylic acids is 2. The van der Waals surface area contributed by atoms with Crippen molar-refractivity contribution < 1.29 is 29.4 Å². The topological polar surface area (TPSA) is 136 Å². The van der Waals surface area contributed by atoms with Crippen LogP contribution in [0.15, 0.2) is 0 Å². The van der Waals surface area contributed by atoms with E-state index in [9.17, 15) is 19.2 Å². The first kappa shape index (κ1) is 14.7. The second-order valence-electron chi connectivity index (χ2n) is 4.10. The van der Waals surface area contributed by atoms with E-state index in [4.69, 9.17) is 10.2 Å². The Hall–Kier alpha value is -2.32. The Labute approximate surface area is 108 Å². The lowest BCUT2D eigenvalue weighted by Crippen LogP contribution is -2.60. The van der Waals surface area contributed by atoms with Crippen LogP contribution in [0.1, 0.15) is 13.3 Å². The van der Waals surface area contributed by atoms with Crippen molar-refractivity contribution in [2.45, 2.75) is 25.4 Å². The minimum atomic E-state index is -1.53. The molecule has 1 fully saturated rings. The van der Waals surface area contributed by atoms with Gasteiger partial charge in [-0.05, 0) is 6.92 Å². The Morgan fingerprint density at radius 1 is 1.47 bits per heavy atom. The largest absolute Gasteiger partial charge is 0.481 e. The number of nitrogens with zero attached hydrogens (tertiary/aromatic N) is 1. The molecule has 0 aromatic heterocycles. The number of hydrogen-bond donors (Lipinski definition) is 4. The number of carboxylic acid groups (broad SMARTS) is 2. The number of nitrogens with one attached hydrogen (secondary N) is 2. The van der Waals surface area contributed by atoms with Crippen LogP contribution in [-0.4, -0.2) is 64.2 Å². The molecule has 0 spiro atoms. The lowest BCUT2D eigenvalue weighted by atomic mass is 10.2. The molecule has 3 amide bonds. The fourth-order valence-corrected chi connectivity index (χ4v) is 1.67. The molecule has 9 nitrogen and oxygen atoms in total. The van der Waals surface area contributed by atoms with Crippen LogP contribution in [0.5, 0.6) is 0 Å². The Bertz CT molecular complexity index is 410. The van der Waals surface area contributed by atoms with Crippen molar-refractivity contribution in [2.24, 2.45) is 0 Å². The number of carboxylic acids is 2. The molecule has 1 rings (SSSR count). The van der Waals surface area contributed by atoms with Gasteiger partial charge in [0.2, 0.25) is 5.91 Å². The molecule has 0 aliphatic carbocycles. The quantitative estimate of drug-likeness (QED) is 0.489. The summed E-state index contributed by atoms with van der Waals surface area (Å²) >= 11 is 0. The van der Waals surface area contributed by atoms with Gasteiger partial charge in [-0.3, -0.25) is 9.59 Å². The Morgan fingerprint density at radius 2 is 2.11 bits per heavy atom. The van der Waals surface area contributed by atoms with Crippen LogP contribution in [0.4, 0.5) is 4.79 Å². The van der Waals surface area contributed by atoms with Crippen LogP contribution < -0.4 is 10.6 Å². The van der Waals surface area contributed by atoms with Crippen LogP contribution in [0, 0.1) is 0 Å². The lowest BCUT2D eigenvalue weighted by Gasteiger charge is -2.33. The van der Waals surface area contributed by atoms with Crippen LogP contribution in [0.3, 0.4) is 0 Å². The van der Waals surface area contributed by atoms with Gasteiger partial charge < -0.3 is 25.7 Å². The number of carbonyl (C=O) groups is 4. The molecular weight excluding hydrogens is 258 g/mol. The van der Waals surface area contributed by atoms with Gasteiger partial charge in [-0.15, -0.1) is 0 Å². The molecule has 106 valence electrons. The maximum atomic E-state index is 11.8. The minimum Gasteiger partial charge on any atom is -0.481 e. The standard InChI is InChI=1S/C10H15N3O6/c1-5-8(16)11-2-3-13(5)10(19)12-6(9(17)18)4-7(14)15/h5-6H,2-4H2,1H3,(H,11,16)(H,12,19)(H,14,15)(H,17,18). The van der Waals surface area contributed by atoms with E-state index in [-0.39, 0.29) is 19.0 Å². The average molecular weight is 273 g/mol. The maximum absolute atomic E-state index is 11.8. The molecule has 9 heteroatoms. The lowest BCUT2D eigenvalue weighted by molar-refractivity contribution is -0.145. The van der Waals surface area contributed by atoms with Crippen LogP contribution in [0.25, 0.3) is 0 Å². The fraction of sp³-hybridized carbons (Fsp3) is 0.600. The Morgan fingerprint density at radius 3 is 2.63 bits per heavy atom. The van der Waals surface area contributed by atoms with E-state index in [1.807, 2.05) is 0 Å². The third kappa shape index (κ3) is 3.83. The van der Waals surface area contributed by atoms with Crippen molar-refractivity contribution in [1.82, 2.24) is 15.5 Å². The molecule has 2 atom stereocenters. The van der Waals surface area contributed by atoms with Crippen molar-refractivity contribution in [3.63, 3.8) is 0 Å². The zero-order chi connectivity index (χ0) is 14.6.